The van der Waals surface area contributed by atoms with Crippen LogP contribution in [0.25, 0.3) is 81.8 Å². The van der Waals surface area contributed by atoms with E-state index >= 15 is 14.4 Å². The number of fused-ring (bicyclic) bond motifs is 11. The first-order valence-corrected chi connectivity index (χ1v) is 60.0. The van der Waals surface area contributed by atoms with Crippen LogP contribution in [0.3, 0.4) is 0 Å². The first-order valence-electron chi connectivity index (χ1n) is 53.6. The summed E-state index contributed by atoms with van der Waals surface area (Å²) in [5, 5.41) is 22.2. The van der Waals surface area contributed by atoms with Crippen molar-refractivity contribution < 1.29 is 23.9 Å². The Morgan fingerprint density at radius 2 is 0.621 bits per heavy atom. The van der Waals surface area contributed by atoms with Crippen LogP contribution in [0.1, 0.15) is 399 Å². The molecule has 0 atom stereocenters. The highest BCUT2D eigenvalue weighted by molar-refractivity contribution is 7.31. The molecule has 3 aliphatic carbocycles. The summed E-state index contributed by atoms with van der Waals surface area (Å²) < 4.78 is 16.1. The predicted octanol–water partition coefficient (Wildman–Crippen LogP) is 40.8. The van der Waals surface area contributed by atoms with Gasteiger partial charge in [0.25, 0.3) is 0 Å². The van der Waals surface area contributed by atoms with Crippen LogP contribution in [0.2, 0.25) is 20.1 Å². The highest BCUT2D eigenvalue weighted by Crippen LogP contribution is 2.65. The van der Waals surface area contributed by atoms with Crippen LogP contribution in [0.4, 0.5) is 0 Å². The Kier molecular flexibility index (Phi) is 36.4. The molecule has 12 aromatic rings. The van der Waals surface area contributed by atoms with Crippen LogP contribution in [0.15, 0.2) is 180 Å². The average molecular weight is 2110 g/mol. The Labute approximate surface area is 903 Å². The highest BCUT2D eigenvalue weighted by Gasteiger charge is 2.53. The maximum atomic E-state index is 17.6. The van der Waals surface area contributed by atoms with Crippen LogP contribution in [-0.2, 0) is 42.3 Å². The van der Waals surface area contributed by atoms with Gasteiger partial charge in [0.05, 0.1) is 55.5 Å². The molecule has 748 valence electrons. The first-order chi connectivity index (χ1) is 70.8. The number of aryl methyl sites for hydroxylation is 4. The zero-order chi connectivity index (χ0) is 101. The largest absolute Gasteiger partial charge is 0.528 e. The maximum Gasteiger partial charge on any atom is 0.528 e. The van der Waals surface area contributed by atoms with Gasteiger partial charge >= 0.3 is 5.82 Å². The Morgan fingerprint density at radius 3 is 0.959 bits per heavy atom. The molecule has 0 N–H and O–H groups in total. The van der Waals surface area contributed by atoms with Crippen LogP contribution < -0.4 is 9.47 Å². The van der Waals surface area contributed by atoms with Crippen LogP contribution in [0.5, 0.6) is 11.5 Å². The zero-order valence-electron chi connectivity index (χ0n) is 84.7. The number of nitriles is 2. The van der Waals surface area contributed by atoms with Gasteiger partial charge in [-0.05, 0) is 176 Å². The molecule has 6 aromatic carbocycles. The smallest absolute Gasteiger partial charge is 0.471 e. The quantitative estimate of drug-likeness (QED) is 0.0161. The van der Waals surface area contributed by atoms with Gasteiger partial charge in [0.15, 0.2) is 28.6 Å². The lowest BCUT2D eigenvalue weighted by Gasteiger charge is -2.39. The number of carbonyl (C=O) groups is 3. The standard InChI is InChI=1S/C126H130Cl4N4O5S6/c1-9-15-21-27-29-31-33-35-37-43-65-124(66-44-38-36-34-32-30-28-22-16-10-2)99-76-109(111-78-101-119(145-111)121-106(69-90(140-121)67-96-112(85(79-131)80-132)92-71-102(127)104(129)73-94(92)114(96)135)138-126(101,88-61-53-83(54-62-88)47-41-25-19-13-5)89-63-55-84(56-64-89)48-42-26-20-14-6)143-117(99)116-98(122(124)137)75-108(142-116)110-77-100-118(144-110)120-107(70-91(141-120)68-97-113(123(133-7)134-8)93-72-103(128)105(130)74-95(93)115(97)136)139-125(100,86-57-49-81(50-58-86)45-39-23-17-11-3)87-59-51-82(52-60-87)46-40-24-18-12-4/h49-64,67-78H,9-48,65-66H2,1-6H3/b96-67-,97-68-. The van der Waals surface area contributed by atoms with Gasteiger partial charge in [0, 0.05) is 101 Å². The molecule has 0 saturated heterocycles. The Balaban J connectivity index is 0.868. The van der Waals surface area contributed by atoms with Crippen molar-refractivity contribution in [1.29, 1.82) is 10.5 Å². The first kappa shape index (κ1) is 107. The molecule has 8 heterocycles. The van der Waals surface area contributed by atoms with Gasteiger partial charge < -0.3 is 9.47 Å². The van der Waals surface area contributed by atoms with E-state index in [2.05, 4.69) is 185 Å². The molecule has 19 heteroatoms. The Hall–Kier alpha value is -9.79. The second-order valence-electron chi connectivity index (χ2n) is 40.3. The molecule has 0 bridgehead atoms. The van der Waals surface area contributed by atoms with E-state index in [1.807, 2.05) is 29.5 Å². The average Bonchev–Trinajstić information content (AvgIpc) is 1.54. The summed E-state index contributed by atoms with van der Waals surface area (Å²) in [6.45, 7) is 30.2. The van der Waals surface area contributed by atoms with Crippen molar-refractivity contribution in [2.45, 2.75) is 328 Å². The molecule has 0 spiro atoms. The zero-order valence-corrected chi connectivity index (χ0v) is 92.6. The van der Waals surface area contributed by atoms with Crippen molar-refractivity contribution >= 4 is 155 Å². The third kappa shape index (κ3) is 22.6. The molecule has 2 aliphatic heterocycles. The SMILES string of the molecule is [C-]#[N+]C([N+]#[C-])=C1/C(=C/c2cc3c(s2)-c2sc(-c4cc5c(s4)-c4sc(-c6cc7c(s6)-c6sc(/C=C8\C(=O)c9cc(Cl)c(Cl)cc9C8=C(C#N)C#N)cc6OC7(c6ccc(CCCCCC)cc6)c6ccc(CCCCCC)cc6)cc4C(CCCCCCCCCCCC)(CCCCCCCCCCCC)C5=O)cc2C(c2ccc(CCCCCC)cc2)(c2ccc(CCCCCC)cc2)O3)C(=O)c2cc(Cl)c(Cl)cc21. The van der Waals surface area contributed by atoms with Crippen LogP contribution in [0, 0.1) is 35.8 Å². The number of hydrogen-bond donors (Lipinski definition) is 0. The molecule has 145 heavy (non-hydrogen) atoms. The third-order valence-corrected chi connectivity index (χ3v) is 39.2. The van der Waals surface area contributed by atoms with Gasteiger partial charge in [0.1, 0.15) is 42.4 Å². The molecular formula is C126H130Cl4N4O5S6. The molecule has 0 fully saturated rings. The molecular weight excluding hydrogens is 1980 g/mol. The Bertz CT molecular complexity index is 6860. The van der Waals surface area contributed by atoms with Gasteiger partial charge in [-0.25, -0.2) is 0 Å². The Morgan fingerprint density at radius 1 is 0.331 bits per heavy atom. The number of unbranched alkanes of at least 4 members (excludes halogenated alkanes) is 30. The van der Waals surface area contributed by atoms with Gasteiger partial charge in [-0.2, -0.15) is 20.2 Å². The van der Waals surface area contributed by atoms with E-state index in [0.717, 1.165) is 247 Å². The van der Waals surface area contributed by atoms with Crippen molar-refractivity contribution in [1.82, 2.24) is 0 Å². The summed E-state index contributed by atoms with van der Waals surface area (Å²) in [5.74, 6) is 0.498. The number of halogens is 4. The molecule has 9 nitrogen and oxygen atoms in total. The summed E-state index contributed by atoms with van der Waals surface area (Å²) >= 11 is 36.9. The van der Waals surface area contributed by atoms with Crippen molar-refractivity contribution in [3.63, 3.8) is 0 Å². The number of ether oxygens (including phenoxy) is 2. The molecule has 5 aliphatic rings. The van der Waals surface area contributed by atoms with E-state index in [-0.39, 0.29) is 82.3 Å². The molecule has 17 rings (SSSR count). The van der Waals surface area contributed by atoms with E-state index in [1.165, 1.54) is 167 Å². The maximum absolute atomic E-state index is 17.6. The minimum atomic E-state index is -1.22. The monoisotopic (exact) mass is 2110 g/mol. The summed E-state index contributed by atoms with van der Waals surface area (Å²) in [4.78, 5) is 66.5. The number of carbonyl (C=O) groups excluding carboxylic acids is 3. The lowest BCUT2D eigenvalue weighted by atomic mass is 9.65. The topological polar surface area (TPSA) is 126 Å². The molecule has 0 radical (unpaired) electrons. The summed E-state index contributed by atoms with van der Waals surface area (Å²) in [6, 6.07) is 60.5. The number of benzene rings is 6. The van der Waals surface area contributed by atoms with Crippen molar-refractivity contribution in [2.75, 3.05) is 0 Å². The summed E-state index contributed by atoms with van der Waals surface area (Å²) in [7, 11) is 0. The minimum absolute atomic E-state index is 0.191. The van der Waals surface area contributed by atoms with Crippen molar-refractivity contribution in [3.8, 4) is 72.4 Å². The highest BCUT2D eigenvalue weighted by atomic mass is 35.5. The van der Waals surface area contributed by atoms with E-state index in [1.54, 1.807) is 58.3 Å². The van der Waals surface area contributed by atoms with E-state index in [0.29, 0.717) is 32.4 Å². The number of hydrogen-bond acceptors (Lipinski definition) is 13. The number of allylic oxidation sites excluding steroid dienone is 5. The fourth-order valence-corrected chi connectivity index (χ4v) is 30.4. The normalized spacial score (nSPS) is 14.8. The summed E-state index contributed by atoms with van der Waals surface area (Å²) in [6.07, 6.45) is 50.6. The molecule has 0 saturated carbocycles. The lowest BCUT2D eigenvalue weighted by molar-refractivity contribution is 0.0854. The molecule has 6 aromatic heterocycles. The van der Waals surface area contributed by atoms with E-state index in [4.69, 9.17) is 69.0 Å². The fourth-order valence-electron chi connectivity index (χ4n) is 22.3. The number of nitrogens with zero attached hydrogens (tertiary/aromatic N) is 4. The van der Waals surface area contributed by atoms with Gasteiger partial charge in [-0.15, -0.1) is 68.0 Å². The predicted molar refractivity (Wildman–Crippen MR) is 614 cm³/mol. The number of thiophene rings is 6. The fraction of sp³-hybridized carbons (Fsp3) is 0.405. The van der Waals surface area contributed by atoms with Crippen molar-refractivity contribution in [2.24, 2.45) is 0 Å². The van der Waals surface area contributed by atoms with E-state index < -0.39 is 16.6 Å². The van der Waals surface area contributed by atoms with Gasteiger partial charge in [-0.3, -0.25) is 14.4 Å². The minimum Gasteiger partial charge on any atom is -0.471 e. The second-order valence-corrected chi connectivity index (χ2v) is 48.3. The number of rotatable bonds is 50. The molecule has 0 amide bonds. The second kappa shape index (κ2) is 49.6. The van der Waals surface area contributed by atoms with Crippen LogP contribution >= 0.6 is 114 Å². The third-order valence-electron chi connectivity index (χ3n) is 30.2. The number of ketones is 3. The lowest BCUT2D eigenvalue weighted by Crippen LogP contribution is -2.38. The van der Waals surface area contributed by atoms with Gasteiger partial charge in [0.2, 0.25) is 0 Å². The van der Waals surface area contributed by atoms with Crippen LogP contribution in [-0.4, -0.2) is 17.3 Å². The molecule has 0 unspecified atom stereocenters. The number of Topliss-reactive ketones (excluding diaryl/α,β-unsaturated/α-hetero) is 3. The van der Waals surface area contributed by atoms with Gasteiger partial charge in [-0.1, -0.05) is 390 Å². The van der Waals surface area contributed by atoms with Crippen molar-refractivity contribution in [3.05, 3.63) is 322 Å². The van der Waals surface area contributed by atoms with E-state index in [9.17, 15) is 10.5 Å². The summed E-state index contributed by atoms with van der Waals surface area (Å²) in [5.41, 5.74) is 11.4.